The third kappa shape index (κ3) is 4.49. The third-order valence-corrected chi connectivity index (χ3v) is 1.74. The van der Waals surface area contributed by atoms with Crippen molar-refractivity contribution in [2.24, 2.45) is 5.92 Å². The van der Waals surface area contributed by atoms with Crippen LogP contribution in [0.2, 0.25) is 0 Å². The molecule has 82 valence electrons. The molecule has 0 aliphatic carbocycles. The van der Waals surface area contributed by atoms with Crippen LogP contribution in [0.5, 0.6) is 5.75 Å². The maximum Gasteiger partial charge on any atom is 0.221 e. The predicted octanol–water partition coefficient (Wildman–Crippen LogP) is 2.68. The van der Waals surface area contributed by atoms with Crippen LogP contribution in [0.4, 0.5) is 5.69 Å². The molecule has 0 radical (unpaired) electrons. The molecule has 0 fully saturated rings. The highest BCUT2D eigenvalue weighted by Crippen LogP contribution is 2.17. The topological polar surface area (TPSA) is 38.3 Å². The van der Waals surface area contributed by atoms with Crippen molar-refractivity contribution in [3.05, 3.63) is 24.3 Å². The van der Waals surface area contributed by atoms with E-state index in [0.29, 0.717) is 12.5 Å². The zero-order valence-corrected chi connectivity index (χ0v) is 9.41. The van der Waals surface area contributed by atoms with Crippen LogP contribution >= 0.6 is 0 Å². The summed E-state index contributed by atoms with van der Waals surface area (Å²) in [5.74, 6) is 1.21. The summed E-state index contributed by atoms with van der Waals surface area (Å²) in [6, 6.07) is 7.40. The fourth-order valence-electron chi connectivity index (χ4n) is 1.13. The van der Waals surface area contributed by atoms with Gasteiger partial charge in [0.1, 0.15) is 5.75 Å². The normalized spacial score (nSPS) is 10.1. The van der Waals surface area contributed by atoms with E-state index in [1.54, 1.807) is 0 Å². The van der Waals surface area contributed by atoms with Gasteiger partial charge >= 0.3 is 0 Å². The predicted molar refractivity (Wildman–Crippen MR) is 61.1 cm³/mol. The second-order valence-corrected chi connectivity index (χ2v) is 3.91. The summed E-state index contributed by atoms with van der Waals surface area (Å²) in [5, 5.41) is 2.71. The number of carbonyl (C=O) groups is 1. The van der Waals surface area contributed by atoms with Crippen molar-refractivity contribution >= 4 is 11.6 Å². The Labute approximate surface area is 90.4 Å². The Morgan fingerprint density at radius 3 is 2.80 bits per heavy atom. The molecule has 0 heterocycles. The molecule has 0 bridgehead atoms. The molecule has 0 aromatic heterocycles. The first-order valence-electron chi connectivity index (χ1n) is 5.08. The fraction of sp³-hybridized carbons (Fsp3) is 0.417. The van der Waals surface area contributed by atoms with Gasteiger partial charge in [-0.15, -0.1) is 0 Å². The summed E-state index contributed by atoms with van der Waals surface area (Å²) in [6.07, 6.45) is 0. The number of nitrogens with one attached hydrogen (secondary N) is 1. The van der Waals surface area contributed by atoms with Gasteiger partial charge in [-0.3, -0.25) is 4.79 Å². The number of benzene rings is 1. The quantitative estimate of drug-likeness (QED) is 0.824. The number of hydrogen-bond acceptors (Lipinski definition) is 2. The van der Waals surface area contributed by atoms with E-state index in [1.807, 2.05) is 24.3 Å². The van der Waals surface area contributed by atoms with Crippen LogP contribution in [0.25, 0.3) is 0 Å². The summed E-state index contributed by atoms with van der Waals surface area (Å²) < 4.78 is 5.54. The smallest absolute Gasteiger partial charge is 0.221 e. The van der Waals surface area contributed by atoms with Crippen molar-refractivity contribution in [1.82, 2.24) is 0 Å². The lowest BCUT2D eigenvalue weighted by Crippen LogP contribution is -2.07. The van der Waals surface area contributed by atoms with Crippen molar-refractivity contribution in [2.45, 2.75) is 20.8 Å². The fourth-order valence-corrected chi connectivity index (χ4v) is 1.13. The van der Waals surface area contributed by atoms with Gasteiger partial charge < -0.3 is 10.1 Å². The van der Waals surface area contributed by atoms with Crippen molar-refractivity contribution < 1.29 is 9.53 Å². The van der Waals surface area contributed by atoms with Crippen LogP contribution in [0, 0.1) is 5.92 Å². The molecule has 0 aliphatic rings. The largest absolute Gasteiger partial charge is 0.493 e. The molecule has 0 saturated carbocycles. The number of amides is 1. The number of carbonyl (C=O) groups excluding carboxylic acids is 1. The van der Waals surface area contributed by atoms with Crippen LogP contribution in [0.3, 0.4) is 0 Å². The zero-order chi connectivity index (χ0) is 11.3. The lowest BCUT2D eigenvalue weighted by Gasteiger charge is -2.09. The Kier molecular flexibility index (Phi) is 4.16. The average Bonchev–Trinajstić information content (AvgIpc) is 2.14. The number of ether oxygens (including phenoxy) is 1. The second kappa shape index (κ2) is 5.39. The van der Waals surface area contributed by atoms with Gasteiger partial charge in [0.15, 0.2) is 0 Å². The minimum Gasteiger partial charge on any atom is -0.493 e. The van der Waals surface area contributed by atoms with Gasteiger partial charge in [-0.05, 0) is 18.1 Å². The number of rotatable bonds is 4. The Bertz CT molecular complexity index is 334. The molecule has 1 rings (SSSR count). The van der Waals surface area contributed by atoms with Crippen LogP contribution in [-0.4, -0.2) is 12.5 Å². The van der Waals surface area contributed by atoms with E-state index in [9.17, 15) is 4.79 Å². The standard InChI is InChI=1S/C12H17NO2/c1-9(2)8-15-12-6-4-5-11(7-12)13-10(3)14/h4-7,9H,8H2,1-3H3,(H,13,14). The number of hydrogen-bond donors (Lipinski definition) is 1. The van der Waals surface area contributed by atoms with Crippen LogP contribution in [-0.2, 0) is 4.79 Å². The Morgan fingerprint density at radius 2 is 2.20 bits per heavy atom. The molecule has 1 aromatic carbocycles. The molecule has 1 N–H and O–H groups in total. The maximum absolute atomic E-state index is 10.8. The molecule has 1 aromatic rings. The van der Waals surface area contributed by atoms with Crippen molar-refractivity contribution in [3.8, 4) is 5.75 Å². The summed E-state index contributed by atoms with van der Waals surface area (Å²) in [7, 11) is 0. The van der Waals surface area contributed by atoms with Crippen LogP contribution < -0.4 is 10.1 Å². The third-order valence-electron chi connectivity index (χ3n) is 1.74. The molecule has 0 aliphatic heterocycles. The Balaban J connectivity index is 2.61. The average molecular weight is 207 g/mol. The molecule has 1 amide bonds. The van der Waals surface area contributed by atoms with E-state index in [2.05, 4.69) is 19.2 Å². The van der Waals surface area contributed by atoms with Crippen molar-refractivity contribution in [3.63, 3.8) is 0 Å². The molecule has 15 heavy (non-hydrogen) atoms. The lowest BCUT2D eigenvalue weighted by molar-refractivity contribution is -0.114. The Hall–Kier alpha value is -1.51. The highest BCUT2D eigenvalue weighted by molar-refractivity contribution is 5.88. The van der Waals surface area contributed by atoms with Gasteiger partial charge in [-0.2, -0.15) is 0 Å². The highest BCUT2D eigenvalue weighted by Gasteiger charge is 1.99. The summed E-state index contributed by atoms with van der Waals surface area (Å²) >= 11 is 0. The van der Waals surface area contributed by atoms with Crippen LogP contribution in [0.15, 0.2) is 24.3 Å². The van der Waals surface area contributed by atoms with Crippen molar-refractivity contribution in [1.29, 1.82) is 0 Å². The van der Waals surface area contributed by atoms with Gasteiger partial charge in [-0.25, -0.2) is 0 Å². The monoisotopic (exact) mass is 207 g/mol. The molecular weight excluding hydrogens is 190 g/mol. The molecule has 0 spiro atoms. The maximum atomic E-state index is 10.8. The molecule has 0 atom stereocenters. The minimum atomic E-state index is -0.0731. The molecule has 3 heteroatoms. The summed E-state index contributed by atoms with van der Waals surface area (Å²) in [6.45, 7) is 6.36. The van der Waals surface area contributed by atoms with Crippen LogP contribution in [0.1, 0.15) is 20.8 Å². The second-order valence-electron chi connectivity index (χ2n) is 3.91. The van der Waals surface area contributed by atoms with Crippen molar-refractivity contribution in [2.75, 3.05) is 11.9 Å². The van der Waals surface area contributed by atoms with Gasteiger partial charge in [0.25, 0.3) is 0 Å². The molecule has 0 unspecified atom stereocenters. The lowest BCUT2D eigenvalue weighted by atomic mass is 10.2. The summed E-state index contributed by atoms with van der Waals surface area (Å²) in [4.78, 5) is 10.8. The first-order chi connectivity index (χ1) is 7.08. The highest BCUT2D eigenvalue weighted by atomic mass is 16.5. The Morgan fingerprint density at radius 1 is 1.47 bits per heavy atom. The van der Waals surface area contributed by atoms with Gasteiger partial charge in [0.05, 0.1) is 6.61 Å². The van der Waals surface area contributed by atoms with E-state index >= 15 is 0 Å². The van der Waals surface area contributed by atoms with Gasteiger partial charge in [0.2, 0.25) is 5.91 Å². The van der Waals surface area contributed by atoms with E-state index in [0.717, 1.165) is 11.4 Å². The summed E-state index contributed by atoms with van der Waals surface area (Å²) in [5.41, 5.74) is 0.767. The first kappa shape index (κ1) is 11.6. The zero-order valence-electron chi connectivity index (χ0n) is 9.41. The molecule has 3 nitrogen and oxygen atoms in total. The van der Waals surface area contributed by atoms with E-state index in [4.69, 9.17) is 4.74 Å². The van der Waals surface area contributed by atoms with E-state index in [1.165, 1.54) is 6.92 Å². The molecular formula is C12H17NO2. The molecule has 0 saturated heterocycles. The van der Waals surface area contributed by atoms with Gasteiger partial charge in [0, 0.05) is 18.7 Å². The SMILES string of the molecule is CC(=O)Nc1cccc(OCC(C)C)c1. The van der Waals surface area contributed by atoms with E-state index < -0.39 is 0 Å². The first-order valence-corrected chi connectivity index (χ1v) is 5.08. The van der Waals surface area contributed by atoms with E-state index in [-0.39, 0.29) is 5.91 Å². The number of anilines is 1. The van der Waals surface area contributed by atoms with Gasteiger partial charge in [-0.1, -0.05) is 19.9 Å². The minimum absolute atomic E-state index is 0.0731.